The Morgan fingerprint density at radius 2 is 1.79 bits per heavy atom. The van der Waals surface area contributed by atoms with Crippen LogP contribution in [0.25, 0.3) is 5.65 Å². The molecule has 0 aliphatic carbocycles. The molecule has 2 aromatic carbocycles. The van der Waals surface area contributed by atoms with E-state index in [1.54, 1.807) is 36.5 Å². The number of ether oxygens (including phenoxy) is 2. The first-order valence-corrected chi connectivity index (χ1v) is 11.3. The second-order valence-corrected chi connectivity index (χ2v) is 8.25. The Morgan fingerprint density at radius 3 is 2.70 bits per heavy atom. The second-order valence-electron chi connectivity index (χ2n) is 7.24. The van der Waals surface area contributed by atoms with Gasteiger partial charge in [0.25, 0.3) is 5.56 Å². The number of nitrogens with one attached hydrogen (secondary N) is 2. The number of benzene rings is 2. The lowest BCUT2D eigenvalue weighted by atomic mass is 10.2. The molecule has 1 aliphatic heterocycles. The van der Waals surface area contributed by atoms with Crippen LogP contribution in [-0.4, -0.2) is 28.6 Å². The van der Waals surface area contributed by atoms with Crippen molar-refractivity contribution in [2.45, 2.75) is 10.6 Å². The van der Waals surface area contributed by atoms with Crippen molar-refractivity contribution in [2.24, 2.45) is 0 Å². The molecular formula is C24H20N4O4S. The minimum Gasteiger partial charge on any atom is -0.486 e. The lowest BCUT2D eigenvalue weighted by molar-refractivity contribution is 0.171. The molecule has 0 spiro atoms. The number of thioether (sulfide) groups is 1. The van der Waals surface area contributed by atoms with Crippen LogP contribution in [0.2, 0.25) is 0 Å². The van der Waals surface area contributed by atoms with Crippen LogP contribution in [-0.2, 0) is 5.75 Å². The minimum atomic E-state index is -0.373. The summed E-state index contributed by atoms with van der Waals surface area (Å²) in [6, 6.07) is 19.4. The van der Waals surface area contributed by atoms with Crippen molar-refractivity contribution in [3.63, 3.8) is 0 Å². The van der Waals surface area contributed by atoms with E-state index in [0.29, 0.717) is 53.2 Å². The molecule has 8 nitrogen and oxygen atoms in total. The topological polar surface area (TPSA) is 94.0 Å². The van der Waals surface area contributed by atoms with Crippen molar-refractivity contribution in [2.75, 3.05) is 23.8 Å². The molecule has 0 radical (unpaired) electrons. The molecule has 0 saturated heterocycles. The van der Waals surface area contributed by atoms with Crippen molar-refractivity contribution in [1.82, 2.24) is 9.38 Å². The summed E-state index contributed by atoms with van der Waals surface area (Å²) < 4.78 is 12.6. The van der Waals surface area contributed by atoms with Gasteiger partial charge in [-0.3, -0.25) is 9.20 Å². The van der Waals surface area contributed by atoms with E-state index in [1.807, 2.05) is 30.3 Å². The molecule has 2 aromatic heterocycles. The van der Waals surface area contributed by atoms with Crippen LogP contribution in [0.4, 0.5) is 16.2 Å². The van der Waals surface area contributed by atoms with Gasteiger partial charge in [-0.1, -0.05) is 18.2 Å². The number of fused-ring (bicyclic) bond motifs is 2. The van der Waals surface area contributed by atoms with Gasteiger partial charge >= 0.3 is 6.03 Å². The maximum atomic E-state index is 12.6. The largest absolute Gasteiger partial charge is 0.486 e. The Morgan fingerprint density at radius 1 is 0.970 bits per heavy atom. The highest BCUT2D eigenvalue weighted by Gasteiger charge is 2.14. The highest BCUT2D eigenvalue weighted by molar-refractivity contribution is 7.98. The smallest absolute Gasteiger partial charge is 0.323 e. The number of carbonyl (C=O) groups is 1. The maximum absolute atomic E-state index is 12.6. The standard InChI is InChI=1S/C24H20N4O4S/c29-23-14-17(25-22-7-3-4-10-28(22)23)15-33-21-6-2-1-5-18(21)27-24(30)26-16-8-9-19-20(13-16)32-12-11-31-19/h1-10,13-14H,11-12,15H2,(H2,26,27,30). The highest BCUT2D eigenvalue weighted by Crippen LogP contribution is 2.33. The zero-order valence-corrected chi connectivity index (χ0v) is 18.3. The molecule has 0 fully saturated rings. The van der Waals surface area contributed by atoms with Crippen LogP contribution in [0.1, 0.15) is 5.69 Å². The van der Waals surface area contributed by atoms with E-state index in [2.05, 4.69) is 15.6 Å². The minimum absolute atomic E-state index is 0.124. The molecular weight excluding hydrogens is 440 g/mol. The van der Waals surface area contributed by atoms with Crippen LogP contribution in [0.15, 0.2) is 82.6 Å². The number of anilines is 2. The third-order valence-corrected chi connectivity index (χ3v) is 6.04. The third-order valence-electron chi connectivity index (χ3n) is 4.93. The first kappa shape index (κ1) is 20.9. The average molecular weight is 461 g/mol. The molecule has 0 atom stereocenters. The van der Waals surface area contributed by atoms with Gasteiger partial charge in [0.05, 0.1) is 11.4 Å². The fraction of sp³-hybridized carbons (Fsp3) is 0.125. The molecule has 4 aromatic rings. The summed E-state index contributed by atoms with van der Waals surface area (Å²) in [6.45, 7) is 0.990. The summed E-state index contributed by atoms with van der Waals surface area (Å²) in [6.07, 6.45) is 1.70. The Kier molecular flexibility index (Phi) is 5.86. The molecule has 33 heavy (non-hydrogen) atoms. The van der Waals surface area contributed by atoms with Crippen molar-refractivity contribution in [1.29, 1.82) is 0 Å². The lowest BCUT2D eigenvalue weighted by Crippen LogP contribution is -2.20. The Labute approximate surface area is 193 Å². The van der Waals surface area contributed by atoms with Gasteiger partial charge < -0.3 is 20.1 Å². The lowest BCUT2D eigenvalue weighted by Gasteiger charge is -2.19. The highest BCUT2D eigenvalue weighted by atomic mass is 32.2. The zero-order chi connectivity index (χ0) is 22.6. The van der Waals surface area contributed by atoms with Crippen LogP contribution in [0, 0.1) is 0 Å². The number of rotatable bonds is 5. The van der Waals surface area contributed by atoms with E-state index in [-0.39, 0.29) is 11.6 Å². The summed E-state index contributed by atoms with van der Waals surface area (Å²) in [5, 5.41) is 5.71. The van der Waals surface area contributed by atoms with E-state index in [4.69, 9.17) is 9.47 Å². The predicted molar refractivity (Wildman–Crippen MR) is 128 cm³/mol. The Balaban J connectivity index is 1.27. The number of carbonyl (C=O) groups excluding carboxylic acids is 1. The summed E-state index contributed by atoms with van der Waals surface area (Å²) in [5.74, 6) is 1.76. The molecule has 5 rings (SSSR count). The fourth-order valence-electron chi connectivity index (χ4n) is 3.43. The van der Waals surface area contributed by atoms with Crippen LogP contribution in [0.5, 0.6) is 11.5 Å². The first-order chi connectivity index (χ1) is 16.2. The normalized spacial score (nSPS) is 12.4. The van der Waals surface area contributed by atoms with Crippen molar-refractivity contribution < 1.29 is 14.3 Å². The van der Waals surface area contributed by atoms with Gasteiger partial charge in [0.15, 0.2) is 11.5 Å². The number of aromatic nitrogens is 2. The second kappa shape index (κ2) is 9.25. The zero-order valence-electron chi connectivity index (χ0n) is 17.5. The van der Waals surface area contributed by atoms with Gasteiger partial charge in [-0.05, 0) is 36.4 Å². The number of nitrogens with zero attached hydrogens (tertiary/aromatic N) is 2. The number of hydrogen-bond acceptors (Lipinski definition) is 6. The van der Waals surface area contributed by atoms with Gasteiger partial charge in [-0.2, -0.15) is 0 Å². The van der Waals surface area contributed by atoms with Crippen LogP contribution in [0.3, 0.4) is 0 Å². The van der Waals surface area contributed by atoms with Crippen LogP contribution >= 0.6 is 11.8 Å². The predicted octanol–water partition coefficient (Wildman–Crippen LogP) is 4.40. The molecule has 3 heterocycles. The molecule has 0 saturated carbocycles. The number of urea groups is 1. The molecule has 2 N–H and O–H groups in total. The fourth-order valence-corrected chi connectivity index (χ4v) is 4.33. The van der Waals surface area contributed by atoms with Gasteiger partial charge in [0, 0.05) is 34.7 Å². The first-order valence-electron chi connectivity index (χ1n) is 10.3. The number of amides is 2. The van der Waals surface area contributed by atoms with Gasteiger partial charge in [0.1, 0.15) is 18.9 Å². The SMILES string of the molecule is O=C(Nc1ccc2c(c1)OCCO2)Nc1ccccc1SCc1cc(=O)n2ccccc2n1. The number of pyridine rings is 1. The van der Waals surface area contributed by atoms with E-state index >= 15 is 0 Å². The molecule has 1 aliphatic rings. The summed E-state index contributed by atoms with van der Waals surface area (Å²) in [4.78, 5) is 30.3. The molecule has 0 bridgehead atoms. The number of para-hydroxylation sites is 1. The summed E-state index contributed by atoms with van der Waals surface area (Å²) in [5.41, 5.74) is 2.41. The number of hydrogen-bond donors (Lipinski definition) is 2. The van der Waals surface area contributed by atoms with Crippen molar-refractivity contribution in [3.05, 3.63) is 89.0 Å². The summed E-state index contributed by atoms with van der Waals surface area (Å²) >= 11 is 1.49. The van der Waals surface area contributed by atoms with Crippen LogP contribution < -0.4 is 25.7 Å². The van der Waals surface area contributed by atoms with Gasteiger partial charge in [-0.15, -0.1) is 11.8 Å². The Hall–Kier alpha value is -3.98. The molecule has 2 amide bonds. The third kappa shape index (κ3) is 4.78. The monoisotopic (exact) mass is 460 g/mol. The molecule has 9 heteroatoms. The quantitative estimate of drug-likeness (QED) is 0.429. The Bertz CT molecular complexity index is 1390. The van der Waals surface area contributed by atoms with E-state index in [9.17, 15) is 9.59 Å². The van der Waals surface area contributed by atoms with E-state index in [1.165, 1.54) is 22.2 Å². The van der Waals surface area contributed by atoms with Gasteiger partial charge in [0.2, 0.25) is 0 Å². The molecule has 166 valence electrons. The van der Waals surface area contributed by atoms with Gasteiger partial charge in [-0.25, -0.2) is 9.78 Å². The van der Waals surface area contributed by atoms with E-state index < -0.39 is 0 Å². The van der Waals surface area contributed by atoms with Crippen molar-refractivity contribution in [3.8, 4) is 11.5 Å². The maximum Gasteiger partial charge on any atom is 0.323 e. The molecule has 0 unspecified atom stereocenters. The van der Waals surface area contributed by atoms with E-state index in [0.717, 1.165) is 4.90 Å². The average Bonchev–Trinajstić information content (AvgIpc) is 2.83. The van der Waals surface area contributed by atoms with Crippen molar-refractivity contribution >= 4 is 34.8 Å². The summed E-state index contributed by atoms with van der Waals surface area (Å²) in [7, 11) is 0.